The normalized spacial score (nSPS) is 15.2. The number of ether oxygens (including phenoxy) is 2. The summed E-state index contributed by atoms with van der Waals surface area (Å²) in [5, 5.41) is 0. The fourth-order valence-electron chi connectivity index (χ4n) is 2.15. The maximum atomic E-state index is 12.3. The van der Waals surface area contributed by atoms with Crippen molar-refractivity contribution < 1.29 is 31.7 Å². The van der Waals surface area contributed by atoms with Crippen molar-refractivity contribution >= 4 is 22.1 Å². The minimum absolute atomic E-state index is 0.0280. The Bertz CT molecular complexity index is 674. The summed E-state index contributed by atoms with van der Waals surface area (Å²) in [6, 6.07) is 8.62. The molecule has 0 fully saturated rings. The molecule has 8 nitrogen and oxygen atoms in total. The molecular formula is C15H21NO7S. The molecule has 0 aliphatic rings. The summed E-state index contributed by atoms with van der Waals surface area (Å²) in [5.74, 6) is -3.47. The number of esters is 2. The van der Waals surface area contributed by atoms with Crippen molar-refractivity contribution in [1.82, 2.24) is 0 Å². The average Bonchev–Trinajstić information content (AvgIpc) is 2.51. The summed E-state index contributed by atoms with van der Waals surface area (Å²) in [7, 11) is -3.14. The largest absolute Gasteiger partial charge is 0.466 e. The van der Waals surface area contributed by atoms with Gasteiger partial charge in [-0.05, 0) is 18.9 Å². The standard InChI is InChI=1S/C15H21NO7S/c1-4-22-13(17)12(10-11-8-6-5-7-9-11)15(16,14(18)21-2)23-24(3,19)20/h5-9,12H,4,10,16H2,1-3H3/t12-,15+/m1/s1. The van der Waals surface area contributed by atoms with Crippen LogP contribution < -0.4 is 5.73 Å². The zero-order valence-corrected chi connectivity index (χ0v) is 14.5. The van der Waals surface area contributed by atoms with Gasteiger partial charge in [0.25, 0.3) is 10.1 Å². The third-order valence-corrected chi connectivity index (χ3v) is 3.74. The van der Waals surface area contributed by atoms with Gasteiger partial charge in [-0.1, -0.05) is 30.3 Å². The molecule has 1 rings (SSSR count). The SMILES string of the molecule is CCOC(=O)[C@@H](Cc1ccccc1)[C@](N)(OS(C)(=O)=O)C(=O)OC. The van der Waals surface area contributed by atoms with Crippen molar-refractivity contribution in [2.45, 2.75) is 19.1 Å². The quantitative estimate of drug-likeness (QED) is 0.397. The van der Waals surface area contributed by atoms with Crippen LogP contribution in [0.1, 0.15) is 12.5 Å². The highest BCUT2D eigenvalue weighted by atomic mass is 32.2. The van der Waals surface area contributed by atoms with Gasteiger partial charge in [-0.25, -0.2) is 8.98 Å². The highest BCUT2D eigenvalue weighted by Crippen LogP contribution is 2.26. The van der Waals surface area contributed by atoms with Crippen molar-refractivity contribution in [2.24, 2.45) is 11.7 Å². The van der Waals surface area contributed by atoms with Gasteiger partial charge in [0.2, 0.25) is 5.72 Å². The van der Waals surface area contributed by atoms with Crippen LogP contribution in [0.2, 0.25) is 0 Å². The molecule has 0 aliphatic carbocycles. The molecule has 0 aliphatic heterocycles. The first-order valence-corrected chi connectivity index (χ1v) is 8.94. The van der Waals surface area contributed by atoms with Gasteiger partial charge < -0.3 is 9.47 Å². The van der Waals surface area contributed by atoms with Crippen LogP contribution in [0.4, 0.5) is 0 Å². The van der Waals surface area contributed by atoms with E-state index in [1.165, 1.54) is 0 Å². The zero-order valence-electron chi connectivity index (χ0n) is 13.7. The first-order valence-electron chi connectivity index (χ1n) is 7.12. The van der Waals surface area contributed by atoms with Crippen LogP contribution in [-0.2, 0) is 39.8 Å². The Morgan fingerprint density at radius 2 is 1.83 bits per heavy atom. The van der Waals surface area contributed by atoms with Crippen LogP contribution >= 0.6 is 0 Å². The molecule has 1 aromatic carbocycles. The second-order valence-corrected chi connectivity index (χ2v) is 6.64. The van der Waals surface area contributed by atoms with E-state index in [2.05, 4.69) is 4.74 Å². The third-order valence-electron chi connectivity index (χ3n) is 3.17. The molecule has 0 spiro atoms. The number of benzene rings is 1. The number of carbonyl (C=O) groups excluding carboxylic acids is 2. The fraction of sp³-hybridized carbons (Fsp3) is 0.467. The summed E-state index contributed by atoms with van der Waals surface area (Å²) in [4.78, 5) is 24.4. The highest BCUT2D eigenvalue weighted by molar-refractivity contribution is 7.86. The van der Waals surface area contributed by atoms with Crippen molar-refractivity contribution in [2.75, 3.05) is 20.0 Å². The molecule has 0 amide bonds. The van der Waals surface area contributed by atoms with Gasteiger partial charge in [0.15, 0.2) is 0 Å². The number of hydrogen-bond acceptors (Lipinski definition) is 8. The van der Waals surface area contributed by atoms with Gasteiger partial charge in [0, 0.05) is 0 Å². The van der Waals surface area contributed by atoms with Crippen molar-refractivity contribution in [3.05, 3.63) is 35.9 Å². The van der Waals surface area contributed by atoms with Crippen LogP contribution in [0.5, 0.6) is 0 Å². The topological polar surface area (TPSA) is 122 Å². The van der Waals surface area contributed by atoms with E-state index >= 15 is 0 Å². The van der Waals surface area contributed by atoms with Crippen LogP contribution in [0.15, 0.2) is 30.3 Å². The number of methoxy groups -OCH3 is 1. The van der Waals surface area contributed by atoms with E-state index in [1.54, 1.807) is 37.3 Å². The van der Waals surface area contributed by atoms with Crippen LogP contribution in [0.3, 0.4) is 0 Å². The molecule has 24 heavy (non-hydrogen) atoms. The lowest BCUT2D eigenvalue weighted by Gasteiger charge is -2.31. The second-order valence-electron chi connectivity index (χ2n) is 5.07. The van der Waals surface area contributed by atoms with Gasteiger partial charge in [-0.2, -0.15) is 8.42 Å². The molecule has 0 saturated heterocycles. The van der Waals surface area contributed by atoms with Gasteiger partial charge in [0.1, 0.15) is 5.92 Å². The van der Waals surface area contributed by atoms with Crippen LogP contribution in [0, 0.1) is 5.92 Å². The Balaban J connectivity index is 3.33. The Kier molecular flexibility index (Phi) is 6.88. The first kappa shape index (κ1) is 20.1. The summed E-state index contributed by atoms with van der Waals surface area (Å²) >= 11 is 0. The van der Waals surface area contributed by atoms with Crippen molar-refractivity contribution in [3.8, 4) is 0 Å². The number of carbonyl (C=O) groups is 2. The lowest BCUT2D eigenvalue weighted by molar-refractivity contribution is -0.174. The van der Waals surface area contributed by atoms with E-state index in [0.717, 1.165) is 13.4 Å². The minimum Gasteiger partial charge on any atom is -0.466 e. The van der Waals surface area contributed by atoms with E-state index < -0.39 is 33.7 Å². The minimum atomic E-state index is -4.16. The predicted molar refractivity (Wildman–Crippen MR) is 85.1 cm³/mol. The Hall–Kier alpha value is -1.97. The predicted octanol–water partition coefficient (Wildman–Crippen LogP) is 0.213. The molecule has 2 atom stereocenters. The smallest absolute Gasteiger partial charge is 0.355 e. The first-order chi connectivity index (χ1) is 11.1. The number of rotatable bonds is 8. The van der Waals surface area contributed by atoms with Crippen LogP contribution in [-0.4, -0.2) is 46.1 Å². The van der Waals surface area contributed by atoms with Crippen LogP contribution in [0.25, 0.3) is 0 Å². The molecule has 0 bridgehead atoms. The van der Waals surface area contributed by atoms with E-state index in [9.17, 15) is 18.0 Å². The van der Waals surface area contributed by atoms with E-state index in [4.69, 9.17) is 14.7 Å². The number of nitrogens with two attached hydrogens (primary N) is 1. The molecule has 0 unspecified atom stereocenters. The summed E-state index contributed by atoms with van der Waals surface area (Å²) < 4.78 is 37.3. The Morgan fingerprint density at radius 3 is 2.29 bits per heavy atom. The number of hydrogen-bond donors (Lipinski definition) is 1. The van der Waals surface area contributed by atoms with E-state index in [1.807, 2.05) is 0 Å². The van der Waals surface area contributed by atoms with E-state index in [0.29, 0.717) is 5.56 Å². The lowest BCUT2D eigenvalue weighted by atomic mass is 9.89. The molecule has 0 aromatic heterocycles. The second kappa shape index (κ2) is 8.22. The molecule has 0 heterocycles. The molecule has 0 saturated carbocycles. The third kappa shape index (κ3) is 5.29. The van der Waals surface area contributed by atoms with Gasteiger partial charge in [-0.3, -0.25) is 10.5 Å². The van der Waals surface area contributed by atoms with Gasteiger partial charge in [-0.15, -0.1) is 0 Å². The highest BCUT2D eigenvalue weighted by Gasteiger charge is 2.52. The molecular weight excluding hydrogens is 338 g/mol. The summed E-state index contributed by atoms with van der Waals surface area (Å²) in [6.07, 6.45) is 0.656. The lowest BCUT2D eigenvalue weighted by Crippen LogP contribution is -2.61. The maximum absolute atomic E-state index is 12.3. The molecule has 1 aromatic rings. The summed E-state index contributed by atoms with van der Waals surface area (Å²) in [6.45, 7) is 1.60. The molecule has 0 radical (unpaired) electrons. The zero-order chi connectivity index (χ0) is 18.4. The Morgan fingerprint density at radius 1 is 1.25 bits per heavy atom. The van der Waals surface area contributed by atoms with Crippen molar-refractivity contribution in [3.63, 3.8) is 0 Å². The van der Waals surface area contributed by atoms with Gasteiger partial charge >= 0.3 is 11.9 Å². The molecule has 9 heteroatoms. The Labute approximate surface area is 141 Å². The molecule has 2 N–H and O–H groups in total. The fourth-order valence-corrected chi connectivity index (χ4v) is 2.83. The maximum Gasteiger partial charge on any atom is 0.355 e. The van der Waals surface area contributed by atoms with Crippen molar-refractivity contribution in [1.29, 1.82) is 0 Å². The van der Waals surface area contributed by atoms with E-state index in [-0.39, 0.29) is 13.0 Å². The average molecular weight is 359 g/mol. The molecule has 134 valence electrons. The summed E-state index contributed by atoms with van der Waals surface area (Å²) in [5.41, 5.74) is 3.99. The monoisotopic (exact) mass is 359 g/mol. The van der Waals surface area contributed by atoms with Gasteiger partial charge in [0.05, 0.1) is 20.0 Å².